The Hall–Kier alpha value is -2.78. The third-order valence-corrected chi connectivity index (χ3v) is 5.44. The van der Waals surface area contributed by atoms with Gasteiger partial charge in [-0.05, 0) is 66.7 Å². The van der Waals surface area contributed by atoms with Crippen molar-refractivity contribution in [1.82, 2.24) is 5.32 Å². The Morgan fingerprint density at radius 3 is 2.69 bits per heavy atom. The second-order valence-corrected chi connectivity index (χ2v) is 7.68. The molecule has 29 heavy (non-hydrogen) atoms. The van der Waals surface area contributed by atoms with Crippen LogP contribution in [0.15, 0.2) is 50.8 Å². The summed E-state index contributed by atoms with van der Waals surface area (Å²) in [6, 6.07) is 9.72. The van der Waals surface area contributed by atoms with E-state index in [0.717, 1.165) is 0 Å². The average Bonchev–Trinajstić information content (AvgIpc) is 3.03. The molecule has 150 valence electrons. The highest BCUT2D eigenvalue weighted by molar-refractivity contribution is 9.10. The van der Waals surface area contributed by atoms with Crippen LogP contribution in [-0.2, 0) is 9.53 Å². The van der Waals surface area contributed by atoms with Crippen LogP contribution >= 0.6 is 27.7 Å². The van der Waals surface area contributed by atoms with Crippen molar-refractivity contribution in [3.8, 4) is 11.5 Å². The molecular formula is C20H17BrN2O5S. The summed E-state index contributed by atoms with van der Waals surface area (Å²) in [5.74, 6) is -0.371. The van der Waals surface area contributed by atoms with E-state index in [9.17, 15) is 14.7 Å². The van der Waals surface area contributed by atoms with Crippen molar-refractivity contribution in [3.05, 3.63) is 56.9 Å². The van der Waals surface area contributed by atoms with Gasteiger partial charge < -0.3 is 19.9 Å². The Morgan fingerprint density at radius 1 is 1.31 bits per heavy atom. The molecule has 1 amide bonds. The number of methoxy groups -OCH3 is 1. The second kappa shape index (κ2) is 9.15. The van der Waals surface area contributed by atoms with E-state index in [1.54, 1.807) is 43.3 Å². The van der Waals surface area contributed by atoms with Gasteiger partial charge in [-0.15, -0.1) is 0 Å². The molecule has 1 aliphatic heterocycles. The Bertz CT molecular complexity index is 1020. The van der Waals surface area contributed by atoms with Crippen LogP contribution in [0.25, 0.3) is 6.08 Å². The molecule has 2 aromatic carbocycles. The lowest BCUT2D eigenvalue weighted by molar-refractivity contribution is -0.115. The van der Waals surface area contributed by atoms with Crippen molar-refractivity contribution < 1.29 is 24.2 Å². The quantitative estimate of drug-likeness (QED) is 0.494. The first kappa shape index (κ1) is 20.9. The number of halogens is 1. The number of phenols is 1. The molecule has 1 heterocycles. The number of carbonyl (C=O) groups is 2. The van der Waals surface area contributed by atoms with Crippen LogP contribution in [0.2, 0.25) is 0 Å². The summed E-state index contributed by atoms with van der Waals surface area (Å²) in [5.41, 5.74) is 1.71. The summed E-state index contributed by atoms with van der Waals surface area (Å²) in [7, 11) is 1.45. The lowest BCUT2D eigenvalue weighted by atomic mass is 10.2. The maximum absolute atomic E-state index is 12.3. The number of amidine groups is 1. The molecule has 0 radical (unpaired) electrons. The number of rotatable bonds is 5. The molecule has 1 fully saturated rings. The highest BCUT2D eigenvalue weighted by atomic mass is 79.9. The second-order valence-electron chi connectivity index (χ2n) is 5.79. The molecule has 0 atom stereocenters. The Labute approximate surface area is 179 Å². The predicted molar refractivity (Wildman–Crippen MR) is 116 cm³/mol. The van der Waals surface area contributed by atoms with Crippen LogP contribution in [-0.4, -0.2) is 35.9 Å². The Kier molecular flexibility index (Phi) is 6.60. The van der Waals surface area contributed by atoms with Crippen molar-refractivity contribution in [1.29, 1.82) is 0 Å². The van der Waals surface area contributed by atoms with Gasteiger partial charge in [-0.25, -0.2) is 9.79 Å². The largest absolute Gasteiger partial charge is 0.504 e. The van der Waals surface area contributed by atoms with E-state index in [4.69, 9.17) is 9.47 Å². The molecule has 9 heteroatoms. The van der Waals surface area contributed by atoms with Gasteiger partial charge in [-0.3, -0.25) is 4.79 Å². The zero-order valence-electron chi connectivity index (χ0n) is 15.6. The van der Waals surface area contributed by atoms with Crippen molar-refractivity contribution in [2.75, 3.05) is 13.7 Å². The average molecular weight is 477 g/mol. The number of nitrogens with zero attached hydrogens (tertiary/aromatic N) is 1. The van der Waals surface area contributed by atoms with Gasteiger partial charge in [0.2, 0.25) is 0 Å². The van der Waals surface area contributed by atoms with Crippen LogP contribution in [0.5, 0.6) is 11.5 Å². The summed E-state index contributed by atoms with van der Waals surface area (Å²) in [4.78, 5) is 28.8. The third kappa shape index (κ3) is 4.99. The molecule has 2 N–H and O–H groups in total. The molecule has 0 aliphatic carbocycles. The number of thioether (sulfide) groups is 1. The number of hydrogen-bond donors (Lipinski definition) is 2. The minimum absolute atomic E-state index is 0.00133. The molecule has 0 saturated carbocycles. The number of hydrogen-bond acceptors (Lipinski definition) is 7. The van der Waals surface area contributed by atoms with Gasteiger partial charge in [0.1, 0.15) is 0 Å². The van der Waals surface area contributed by atoms with Gasteiger partial charge in [0, 0.05) is 4.47 Å². The fraction of sp³-hybridized carbons (Fsp3) is 0.150. The normalized spacial score (nSPS) is 16.2. The fourth-order valence-electron chi connectivity index (χ4n) is 2.46. The lowest BCUT2D eigenvalue weighted by Crippen LogP contribution is -2.19. The smallest absolute Gasteiger partial charge is 0.338 e. The molecule has 1 aliphatic rings. The van der Waals surface area contributed by atoms with E-state index < -0.39 is 5.97 Å². The van der Waals surface area contributed by atoms with E-state index >= 15 is 0 Å². The van der Waals surface area contributed by atoms with Gasteiger partial charge in [0.05, 0.1) is 29.9 Å². The van der Waals surface area contributed by atoms with E-state index in [0.29, 0.717) is 43.7 Å². The number of amides is 1. The molecule has 0 unspecified atom stereocenters. The van der Waals surface area contributed by atoms with E-state index in [-0.39, 0.29) is 11.7 Å². The molecule has 3 rings (SSSR count). The van der Waals surface area contributed by atoms with E-state index in [1.165, 1.54) is 24.9 Å². The van der Waals surface area contributed by atoms with Crippen molar-refractivity contribution >= 4 is 56.5 Å². The minimum Gasteiger partial charge on any atom is -0.504 e. The highest BCUT2D eigenvalue weighted by Gasteiger charge is 2.24. The lowest BCUT2D eigenvalue weighted by Gasteiger charge is -2.06. The van der Waals surface area contributed by atoms with Crippen molar-refractivity contribution in [2.24, 2.45) is 4.99 Å². The molecule has 0 bridgehead atoms. The Morgan fingerprint density at radius 2 is 2.03 bits per heavy atom. The zero-order chi connectivity index (χ0) is 21.0. The van der Waals surface area contributed by atoms with Gasteiger partial charge in [-0.2, -0.15) is 0 Å². The zero-order valence-corrected chi connectivity index (χ0v) is 18.0. The van der Waals surface area contributed by atoms with Gasteiger partial charge in [0.15, 0.2) is 16.7 Å². The summed E-state index contributed by atoms with van der Waals surface area (Å²) in [6.45, 7) is 2.06. The monoisotopic (exact) mass is 476 g/mol. The topological polar surface area (TPSA) is 97.2 Å². The minimum atomic E-state index is -0.393. The number of aliphatic imine (C=N–C) groups is 1. The molecular weight excluding hydrogens is 460 g/mol. The summed E-state index contributed by atoms with van der Waals surface area (Å²) in [5, 5.41) is 12.9. The number of carbonyl (C=O) groups excluding carboxylic acids is 2. The van der Waals surface area contributed by atoms with Crippen LogP contribution in [0.4, 0.5) is 5.69 Å². The maximum Gasteiger partial charge on any atom is 0.338 e. The number of aromatic hydroxyl groups is 1. The number of esters is 1. The van der Waals surface area contributed by atoms with E-state index in [1.807, 2.05) is 0 Å². The van der Waals surface area contributed by atoms with Crippen molar-refractivity contribution in [3.63, 3.8) is 0 Å². The van der Waals surface area contributed by atoms with Crippen LogP contribution < -0.4 is 10.1 Å². The van der Waals surface area contributed by atoms with E-state index in [2.05, 4.69) is 26.2 Å². The Balaban J connectivity index is 1.80. The standard InChI is InChI=1S/C20H17BrN2O5S/c1-3-28-19(26)11-4-6-13(7-5-11)22-20-23-18(25)17(29-20)9-12-8-16(27-2)15(24)10-14(12)21/h4-10,24H,3H2,1-2H3,(H,22,23,25)/b17-9-. The summed E-state index contributed by atoms with van der Waals surface area (Å²) < 4.78 is 10.7. The van der Waals surface area contributed by atoms with Crippen LogP contribution in [0.3, 0.4) is 0 Å². The fourth-order valence-corrected chi connectivity index (χ4v) is 3.74. The SMILES string of the molecule is CCOC(=O)c1ccc(N=C2NC(=O)/C(=C/c3cc(OC)c(O)cc3Br)S2)cc1. The third-order valence-electron chi connectivity index (χ3n) is 3.84. The predicted octanol–water partition coefficient (Wildman–Crippen LogP) is 4.23. The van der Waals surface area contributed by atoms with Crippen molar-refractivity contribution in [2.45, 2.75) is 6.92 Å². The molecule has 7 nitrogen and oxygen atoms in total. The summed E-state index contributed by atoms with van der Waals surface area (Å²) in [6.07, 6.45) is 1.68. The van der Waals surface area contributed by atoms with Crippen LogP contribution in [0, 0.1) is 0 Å². The number of ether oxygens (including phenoxy) is 2. The van der Waals surface area contributed by atoms with Gasteiger partial charge >= 0.3 is 5.97 Å². The first-order valence-corrected chi connectivity index (χ1v) is 10.2. The number of phenolic OH excluding ortho intramolecular Hbond substituents is 1. The van der Waals surface area contributed by atoms with Gasteiger partial charge in [-0.1, -0.05) is 15.9 Å². The maximum atomic E-state index is 12.3. The molecule has 0 spiro atoms. The highest BCUT2D eigenvalue weighted by Crippen LogP contribution is 2.35. The summed E-state index contributed by atoms with van der Waals surface area (Å²) >= 11 is 4.56. The molecule has 0 aromatic heterocycles. The molecule has 2 aromatic rings. The first-order chi connectivity index (χ1) is 13.9. The van der Waals surface area contributed by atoms with Crippen LogP contribution in [0.1, 0.15) is 22.8 Å². The van der Waals surface area contributed by atoms with Gasteiger partial charge in [0.25, 0.3) is 5.91 Å². The number of benzene rings is 2. The number of nitrogens with one attached hydrogen (secondary N) is 1. The molecule has 1 saturated heterocycles. The first-order valence-electron chi connectivity index (χ1n) is 8.54.